The van der Waals surface area contributed by atoms with Gasteiger partial charge in [0.1, 0.15) is 5.82 Å². The monoisotopic (exact) mass is 235 g/mol. The molecule has 0 saturated heterocycles. The van der Waals surface area contributed by atoms with Crippen LogP contribution < -0.4 is 10.6 Å². The molecule has 92 valence electrons. The van der Waals surface area contributed by atoms with Crippen molar-refractivity contribution in [2.75, 3.05) is 6.54 Å². The molecule has 1 aliphatic carbocycles. The van der Waals surface area contributed by atoms with Gasteiger partial charge >= 0.3 is 0 Å². The Labute approximate surface area is 101 Å². The van der Waals surface area contributed by atoms with Crippen LogP contribution in [0, 0.1) is 5.82 Å². The molecule has 1 aromatic rings. The van der Waals surface area contributed by atoms with Crippen molar-refractivity contribution in [1.29, 1.82) is 0 Å². The van der Waals surface area contributed by atoms with Crippen molar-refractivity contribution in [3.05, 3.63) is 35.6 Å². The summed E-state index contributed by atoms with van der Waals surface area (Å²) in [5, 5.41) is 6.54. The summed E-state index contributed by atoms with van der Waals surface area (Å²) in [6.07, 6.45) is 2.45. The van der Waals surface area contributed by atoms with E-state index >= 15 is 0 Å². The van der Waals surface area contributed by atoms with Crippen LogP contribution in [0.5, 0.6) is 0 Å². The molecule has 0 atom stereocenters. The van der Waals surface area contributed by atoms with Crippen LogP contribution >= 0.6 is 0 Å². The summed E-state index contributed by atoms with van der Waals surface area (Å²) in [5.74, 6) is 0.639. The molecule has 0 heterocycles. The van der Waals surface area contributed by atoms with E-state index in [9.17, 15) is 4.39 Å². The summed E-state index contributed by atoms with van der Waals surface area (Å²) < 4.78 is 12.7. The second kappa shape index (κ2) is 5.66. The number of nitrogens with one attached hydrogen (secondary N) is 2. The number of nitrogens with zero attached hydrogens (tertiary/aromatic N) is 1. The minimum atomic E-state index is -0.208. The lowest BCUT2D eigenvalue weighted by Gasteiger charge is -2.10. The molecule has 1 saturated carbocycles. The van der Waals surface area contributed by atoms with E-state index in [2.05, 4.69) is 15.6 Å². The predicted molar refractivity (Wildman–Crippen MR) is 67.4 cm³/mol. The van der Waals surface area contributed by atoms with Crippen molar-refractivity contribution in [1.82, 2.24) is 10.6 Å². The molecule has 4 heteroatoms. The van der Waals surface area contributed by atoms with Crippen molar-refractivity contribution in [2.24, 2.45) is 4.99 Å². The third-order valence-corrected chi connectivity index (χ3v) is 2.60. The SMILES string of the molecule is CCNC(=NCc1ccc(F)cc1)NC1CC1. The number of hydrogen-bond acceptors (Lipinski definition) is 1. The van der Waals surface area contributed by atoms with Crippen LogP contribution in [0.3, 0.4) is 0 Å². The molecule has 3 nitrogen and oxygen atoms in total. The van der Waals surface area contributed by atoms with Crippen molar-refractivity contribution in [3.63, 3.8) is 0 Å². The van der Waals surface area contributed by atoms with Crippen LogP contribution in [0.1, 0.15) is 25.3 Å². The molecular weight excluding hydrogens is 217 g/mol. The van der Waals surface area contributed by atoms with E-state index in [1.807, 2.05) is 6.92 Å². The molecule has 0 radical (unpaired) electrons. The molecule has 0 amide bonds. The first-order chi connectivity index (χ1) is 8.28. The van der Waals surface area contributed by atoms with E-state index in [4.69, 9.17) is 0 Å². The van der Waals surface area contributed by atoms with Crippen LogP contribution in [-0.4, -0.2) is 18.5 Å². The maximum atomic E-state index is 12.7. The lowest BCUT2D eigenvalue weighted by Crippen LogP contribution is -2.38. The summed E-state index contributed by atoms with van der Waals surface area (Å²) in [5.41, 5.74) is 1.01. The van der Waals surface area contributed by atoms with E-state index in [0.717, 1.165) is 18.1 Å². The highest BCUT2D eigenvalue weighted by molar-refractivity contribution is 5.80. The first-order valence-corrected chi connectivity index (χ1v) is 6.07. The van der Waals surface area contributed by atoms with Gasteiger partial charge < -0.3 is 10.6 Å². The molecule has 1 aliphatic rings. The average molecular weight is 235 g/mol. The standard InChI is InChI=1S/C13H18FN3/c1-2-15-13(17-12-7-8-12)16-9-10-3-5-11(14)6-4-10/h3-6,12H,2,7-9H2,1H3,(H2,15,16,17). The Bertz CT molecular complexity index is 382. The van der Waals surface area contributed by atoms with Gasteiger partial charge in [-0.25, -0.2) is 9.38 Å². The summed E-state index contributed by atoms with van der Waals surface area (Å²) in [4.78, 5) is 4.47. The van der Waals surface area contributed by atoms with E-state index in [1.165, 1.54) is 25.0 Å². The highest BCUT2D eigenvalue weighted by Gasteiger charge is 2.21. The molecule has 2 N–H and O–H groups in total. The van der Waals surface area contributed by atoms with E-state index in [1.54, 1.807) is 12.1 Å². The van der Waals surface area contributed by atoms with Gasteiger partial charge in [-0.2, -0.15) is 0 Å². The third-order valence-electron chi connectivity index (χ3n) is 2.60. The fourth-order valence-electron chi connectivity index (χ4n) is 1.50. The van der Waals surface area contributed by atoms with Gasteiger partial charge in [-0.1, -0.05) is 12.1 Å². The Morgan fingerprint density at radius 1 is 1.35 bits per heavy atom. The maximum absolute atomic E-state index is 12.7. The zero-order chi connectivity index (χ0) is 12.1. The largest absolute Gasteiger partial charge is 0.357 e. The van der Waals surface area contributed by atoms with Crippen molar-refractivity contribution in [3.8, 4) is 0 Å². The summed E-state index contributed by atoms with van der Waals surface area (Å²) in [7, 11) is 0. The Morgan fingerprint density at radius 3 is 2.65 bits per heavy atom. The number of aliphatic imine (C=N–C) groups is 1. The molecule has 0 unspecified atom stereocenters. The third kappa shape index (κ3) is 4.06. The fraction of sp³-hybridized carbons (Fsp3) is 0.462. The molecule has 2 rings (SSSR count). The quantitative estimate of drug-likeness (QED) is 0.619. The lowest BCUT2D eigenvalue weighted by atomic mass is 10.2. The number of guanidine groups is 1. The number of halogens is 1. The average Bonchev–Trinajstić information content (AvgIpc) is 3.12. The van der Waals surface area contributed by atoms with Crippen LogP contribution in [-0.2, 0) is 6.54 Å². The zero-order valence-corrected chi connectivity index (χ0v) is 10.0. The molecule has 0 bridgehead atoms. The minimum absolute atomic E-state index is 0.208. The molecule has 1 aromatic carbocycles. The maximum Gasteiger partial charge on any atom is 0.191 e. The highest BCUT2D eigenvalue weighted by Crippen LogP contribution is 2.18. The fourth-order valence-corrected chi connectivity index (χ4v) is 1.50. The predicted octanol–water partition coefficient (Wildman–Crippen LogP) is 2.04. The summed E-state index contributed by atoms with van der Waals surface area (Å²) in [6.45, 7) is 3.46. The molecule has 0 aromatic heterocycles. The molecule has 0 spiro atoms. The van der Waals surface area contributed by atoms with Crippen LogP contribution in [0.4, 0.5) is 4.39 Å². The topological polar surface area (TPSA) is 36.4 Å². The Kier molecular flexibility index (Phi) is 3.96. The van der Waals surface area contributed by atoms with E-state index < -0.39 is 0 Å². The Balaban J connectivity index is 1.92. The van der Waals surface area contributed by atoms with Gasteiger partial charge in [0.15, 0.2) is 5.96 Å². The number of hydrogen-bond donors (Lipinski definition) is 2. The first-order valence-electron chi connectivity index (χ1n) is 6.07. The van der Waals surface area contributed by atoms with Gasteiger partial charge in [0, 0.05) is 12.6 Å². The molecular formula is C13H18FN3. The van der Waals surface area contributed by atoms with Gasteiger partial charge in [0.05, 0.1) is 6.54 Å². The summed E-state index contributed by atoms with van der Waals surface area (Å²) >= 11 is 0. The van der Waals surface area contributed by atoms with Crippen LogP contribution in [0.25, 0.3) is 0 Å². The number of benzene rings is 1. The molecule has 0 aliphatic heterocycles. The van der Waals surface area contributed by atoms with E-state index in [-0.39, 0.29) is 5.82 Å². The normalized spacial score (nSPS) is 15.8. The van der Waals surface area contributed by atoms with Gasteiger partial charge in [0.2, 0.25) is 0 Å². The summed E-state index contributed by atoms with van der Waals surface area (Å²) in [6, 6.07) is 7.04. The molecule has 1 fully saturated rings. The van der Waals surface area contributed by atoms with Gasteiger partial charge in [-0.3, -0.25) is 0 Å². The van der Waals surface area contributed by atoms with Crippen molar-refractivity contribution >= 4 is 5.96 Å². The van der Waals surface area contributed by atoms with Crippen molar-refractivity contribution in [2.45, 2.75) is 32.4 Å². The van der Waals surface area contributed by atoms with Crippen LogP contribution in [0.2, 0.25) is 0 Å². The highest BCUT2D eigenvalue weighted by atomic mass is 19.1. The van der Waals surface area contributed by atoms with Gasteiger partial charge in [0.25, 0.3) is 0 Å². The van der Waals surface area contributed by atoms with Crippen LogP contribution in [0.15, 0.2) is 29.3 Å². The zero-order valence-electron chi connectivity index (χ0n) is 10.0. The number of rotatable bonds is 4. The first kappa shape index (κ1) is 11.9. The Morgan fingerprint density at radius 2 is 2.06 bits per heavy atom. The second-order valence-electron chi connectivity index (χ2n) is 4.24. The van der Waals surface area contributed by atoms with Crippen molar-refractivity contribution < 1.29 is 4.39 Å². The van der Waals surface area contributed by atoms with E-state index in [0.29, 0.717) is 12.6 Å². The van der Waals surface area contributed by atoms with Gasteiger partial charge in [-0.15, -0.1) is 0 Å². The second-order valence-corrected chi connectivity index (χ2v) is 4.24. The lowest BCUT2D eigenvalue weighted by molar-refractivity contribution is 0.627. The molecule has 17 heavy (non-hydrogen) atoms. The Hall–Kier alpha value is -1.58. The van der Waals surface area contributed by atoms with Gasteiger partial charge in [-0.05, 0) is 37.5 Å². The smallest absolute Gasteiger partial charge is 0.191 e. The minimum Gasteiger partial charge on any atom is -0.357 e.